The molecule has 0 radical (unpaired) electrons. The fourth-order valence-corrected chi connectivity index (χ4v) is 3.29. The minimum Gasteiger partial charge on any atom is -0.396 e. The van der Waals surface area contributed by atoms with Gasteiger partial charge < -0.3 is 19.7 Å². The molecule has 0 unspecified atom stereocenters. The second kappa shape index (κ2) is 11.5. The smallest absolute Gasteiger partial charge is 0.396 e. The lowest BCUT2D eigenvalue weighted by molar-refractivity contribution is -0.395. The van der Waals surface area contributed by atoms with Crippen molar-refractivity contribution in [3.63, 3.8) is 0 Å². The fourth-order valence-electron chi connectivity index (χ4n) is 3.29. The Morgan fingerprint density at radius 1 is 0.846 bits per heavy atom. The van der Waals surface area contributed by atoms with Gasteiger partial charge in [-0.15, -0.1) is 0 Å². The Morgan fingerprint density at radius 2 is 1.27 bits per heavy atom. The monoisotopic (exact) mass is 372 g/mol. The normalized spacial score (nSPS) is 18.5. The van der Waals surface area contributed by atoms with E-state index in [1.54, 1.807) is 0 Å². The highest BCUT2D eigenvalue weighted by molar-refractivity contribution is 5.73. The third kappa shape index (κ3) is 7.23. The summed E-state index contributed by atoms with van der Waals surface area (Å²) in [7, 11) is 0. The van der Waals surface area contributed by atoms with E-state index in [0.717, 1.165) is 38.5 Å². The molecular formula is C20H36O6. The van der Waals surface area contributed by atoms with E-state index in [9.17, 15) is 19.8 Å². The number of cyclic esters (lactones) is 2. The molecule has 6 heteroatoms. The first-order valence-electron chi connectivity index (χ1n) is 10.3. The molecule has 6 nitrogen and oxygen atoms in total. The fraction of sp³-hybridized carbons (Fsp3) is 0.900. The Labute approximate surface area is 157 Å². The van der Waals surface area contributed by atoms with E-state index in [2.05, 4.69) is 13.8 Å². The Kier molecular flexibility index (Phi) is 10.2. The van der Waals surface area contributed by atoms with Crippen LogP contribution in [-0.2, 0) is 19.1 Å². The molecule has 1 saturated heterocycles. The third-order valence-electron chi connectivity index (χ3n) is 4.99. The second-order valence-electron chi connectivity index (χ2n) is 7.39. The van der Waals surface area contributed by atoms with Gasteiger partial charge in [0.25, 0.3) is 0 Å². The van der Waals surface area contributed by atoms with Crippen molar-refractivity contribution in [3.8, 4) is 0 Å². The van der Waals surface area contributed by atoms with Crippen LogP contribution in [0.4, 0.5) is 0 Å². The van der Waals surface area contributed by atoms with Crippen molar-refractivity contribution in [1.29, 1.82) is 0 Å². The summed E-state index contributed by atoms with van der Waals surface area (Å²) in [6.45, 7) is 4.18. The first-order chi connectivity index (χ1) is 12.4. The maximum absolute atomic E-state index is 12.0. The maximum atomic E-state index is 12.0. The van der Waals surface area contributed by atoms with Gasteiger partial charge in [0.2, 0.25) is 0 Å². The molecular weight excluding hydrogens is 336 g/mol. The first kappa shape index (κ1) is 22.9. The average molecular weight is 373 g/mol. The predicted octanol–water partition coefficient (Wildman–Crippen LogP) is 3.96. The lowest BCUT2D eigenvalue weighted by Crippen LogP contribution is -2.59. The zero-order chi connectivity index (χ0) is 19.5. The van der Waals surface area contributed by atoms with E-state index in [0.29, 0.717) is 25.7 Å². The first-order valence-corrected chi connectivity index (χ1v) is 10.3. The summed E-state index contributed by atoms with van der Waals surface area (Å²) in [6, 6.07) is 0. The summed E-state index contributed by atoms with van der Waals surface area (Å²) in [5.74, 6) is -3.91. The standard InChI is InChI=1S/C20H36O6/c1-3-5-7-11-15-19(23,16-12-8-6-4-2)20(24)25-17(21)13-9-10-14-18(22)26-20/h23-24H,3-16H2,1-2H3. The van der Waals surface area contributed by atoms with E-state index >= 15 is 0 Å². The van der Waals surface area contributed by atoms with Crippen molar-refractivity contribution in [1.82, 2.24) is 0 Å². The summed E-state index contributed by atoms with van der Waals surface area (Å²) in [6.07, 6.45) is 8.86. The van der Waals surface area contributed by atoms with Gasteiger partial charge in [0.05, 0.1) is 0 Å². The van der Waals surface area contributed by atoms with Gasteiger partial charge in [0.15, 0.2) is 5.60 Å². The quantitative estimate of drug-likeness (QED) is 0.421. The van der Waals surface area contributed by atoms with Gasteiger partial charge in [-0.3, -0.25) is 9.59 Å². The van der Waals surface area contributed by atoms with Crippen molar-refractivity contribution in [2.45, 2.75) is 115 Å². The zero-order valence-corrected chi connectivity index (χ0v) is 16.4. The van der Waals surface area contributed by atoms with Crippen molar-refractivity contribution in [2.24, 2.45) is 0 Å². The minimum absolute atomic E-state index is 0.0979. The van der Waals surface area contributed by atoms with E-state index < -0.39 is 23.5 Å². The van der Waals surface area contributed by atoms with E-state index in [-0.39, 0.29) is 25.7 Å². The van der Waals surface area contributed by atoms with Crippen molar-refractivity contribution >= 4 is 11.9 Å². The lowest BCUT2D eigenvalue weighted by Gasteiger charge is -2.40. The summed E-state index contributed by atoms with van der Waals surface area (Å²) in [5, 5.41) is 22.2. The van der Waals surface area contributed by atoms with Crippen LogP contribution in [0.2, 0.25) is 0 Å². The van der Waals surface area contributed by atoms with Gasteiger partial charge in [0.1, 0.15) is 0 Å². The SMILES string of the molecule is CCCCCCC(O)(CCCCCC)C1(O)OC(=O)CCCCC(=O)O1. The highest BCUT2D eigenvalue weighted by Gasteiger charge is 2.56. The summed E-state index contributed by atoms with van der Waals surface area (Å²) in [4.78, 5) is 24.1. The number of aliphatic hydroxyl groups is 2. The van der Waals surface area contributed by atoms with Crippen LogP contribution in [0.3, 0.4) is 0 Å². The van der Waals surface area contributed by atoms with E-state index in [4.69, 9.17) is 9.47 Å². The van der Waals surface area contributed by atoms with E-state index in [1.807, 2.05) is 0 Å². The molecule has 2 N–H and O–H groups in total. The van der Waals surface area contributed by atoms with Gasteiger partial charge in [-0.05, 0) is 25.7 Å². The maximum Gasteiger partial charge on any atom is 0.404 e. The molecule has 0 aromatic carbocycles. The van der Waals surface area contributed by atoms with Crippen LogP contribution in [0.1, 0.15) is 104 Å². The van der Waals surface area contributed by atoms with Crippen LogP contribution in [-0.4, -0.2) is 33.7 Å². The highest BCUT2D eigenvalue weighted by Crippen LogP contribution is 2.37. The number of rotatable bonds is 11. The van der Waals surface area contributed by atoms with Gasteiger partial charge in [-0.25, -0.2) is 0 Å². The molecule has 0 aromatic heterocycles. The Bertz CT molecular complexity index is 402. The van der Waals surface area contributed by atoms with Crippen LogP contribution in [0, 0.1) is 0 Å². The Balaban J connectivity index is 2.95. The highest BCUT2D eigenvalue weighted by atomic mass is 16.9. The lowest BCUT2D eigenvalue weighted by atomic mass is 9.87. The van der Waals surface area contributed by atoms with Crippen molar-refractivity contribution in [3.05, 3.63) is 0 Å². The number of carbonyl (C=O) groups excluding carboxylic acids is 2. The molecule has 0 amide bonds. The van der Waals surface area contributed by atoms with Crippen LogP contribution < -0.4 is 0 Å². The number of hydrogen-bond acceptors (Lipinski definition) is 6. The molecule has 152 valence electrons. The Morgan fingerprint density at radius 3 is 1.65 bits per heavy atom. The average Bonchev–Trinajstić information content (AvgIpc) is 2.65. The number of carbonyl (C=O) groups is 2. The van der Waals surface area contributed by atoms with Crippen molar-refractivity contribution in [2.75, 3.05) is 0 Å². The third-order valence-corrected chi connectivity index (χ3v) is 4.99. The predicted molar refractivity (Wildman–Crippen MR) is 98.1 cm³/mol. The van der Waals surface area contributed by atoms with Gasteiger partial charge in [-0.2, -0.15) is 0 Å². The molecule has 0 aromatic rings. The molecule has 0 saturated carbocycles. The molecule has 0 aliphatic carbocycles. The minimum atomic E-state index is -2.61. The number of esters is 2. The summed E-state index contributed by atoms with van der Waals surface area (Å²) in [5.41, 5.74) is -1.79. The number of ether oxygens (including phenoxy) is 2. The summed E-state index contributed by atoms with van der Waals surface area (Å²) < 4.78 is 10.3. The Hall–Kier alpha value is -1.14. The topological polar surface area (TPSA) is 93.1 Å². The van der Waals surface area contributed by atoms with Gasteiger partial charge in [0, 0.05) is 12.8 Å². The molecule has 1 rings (SSSR count). The molecule has 1 aliphatic rings. The van der Waals surface area contributed by atoms with Gasteiger partial charge >= 0.3 is 17.9 Å². The van der Waals surface area contributed by atoms with Crippen LogP contribution in [0.25, 0.3) is 0 Å². The van der Waals surface area contributed by atoms with Crippen LogP contribution >= 0.6 is 0 Å². The van der Waals surface area contributed by atoms with Crippen LogP contribution in [0.5, 0.6) is 0 Å². The number of hydrogen-bond donors (Lipinski definition) is 2. The molecule has 1 fully saturated rings. The molecule has 0 bridgehead atoms. The molecule has 26 heavy (non-hydrogen) atoms. The molecule has 0 atom stereocenters. The van der Waals surface area contributed by atoms with Gasteiger partial charge in [-0.1, -0.05) is 65.2 Å². The van der Waals surface area contributed by atoms with Crippen molar-refractivity contribution < 1.29 is 29.3 Å². The molecule has 1 heterocycles. The molecule has 0 spiro atoms. The zero-order valence-electron chi connectivity index (χ0n) is 16.4. The van der Waals surface area contributed by atoms with Crippen LogP contribution in [0.15, 0.2) is 0 Å². The summed E-state index contributed by atoms with van der Waals surface area (Å²) >= 11 is 0. The molecule has 1 aliphatic heterocycles. The second-order valence-corrected chi connectivity index (χ2v) is 7.39. The number of unbranched alkanes of at least 4 members (excludes halogenated alkanes) is 6. The van der Waals surface area contributed by atoms with E-state index in [1.165, 1.54) is 0 Å². The largest absolute Gasteiger partial charge is 0.404 e.